The molecule has 2 heterocycles. The molecule has 1 amide bonds. The summed E-state index contributed by atoms with van der Waals surface area (Å²) in [4.78, 5) is 12.4. The van der Waals surface area contributed by atoms with Gasteiger partial charge in [-0.3, -0.25) is 4.79 Å². The summed E-state index contributed by atoms with van der Waals surface area (Å²) in [6.07, 6.45) is 0. The first kappa shape index (κ1) is 14.6. The Balaban J connectivity index is 1.64. The molecular weight excluding hydrogens is 324 g/mol. The van der Waals surface area contributed by atoms with Crippen molar-refractivity contribution in [3.8, 4) is 11.5 Å². The van der Waals surface area contributed by atoms with Gasteiger partial charge in [-0.25, -0.2) is 0 Å². The lowest BCUT2D eigenvalue weighted by atomic mass is 10.2. The Morgan fingerprint density at radius 1 is 1.23 bits per heavy atom. The molecule has 0 unspecified atom stereocenters. The molecular formula is C14H11ClN4O2S. The van der Waals surface area contributed by atoms with E-state index in [1.807, 2.05) is 0 Å². The number of anilines is 1. The summed E-state index contributed by atoms with van der Waals surface area (Å²) >= 11 is 7.00. The van der Waals surface area contributed by atoms with Crippen molar-refractivity contribution in [2.75, 3.05) is 5.73 Å². The highest BCUT2D eigenvalue weighted by molar-refractivity contribution is 7.17. The van der Waals surface area contributed by atoms with Crippen LogP contribution in [0.15, 0.2) is 40.8 Å². The number of rotatable bonds is 4. The van der Waals surface area contributed by atoms with E-state index < -0.39 is 0 Å². The van der Waals surface area contributed by atoms with E-state index in [1.165, 1.54) is 11.3 Å². The summed E-state index contributed by atoms with van der Waals surface area (Å²) in [6.45, 7) is 0.149. The number of aromatic nitrogens is 2. The van der Waals surface area contributed by atoms with Gasteiger partial charge in [-0.05, 0) is 36.4 Å². The minimum Gasteiger partial charge on any atom is -0.419 e. The smallest absolute Gasteiger partial charge is 0.261 e. The molecule has 0 aliphatic carbocycles. The largest absolute Gasteiger partial charge is 0.419 e. The molecule has 0 fully saturated rings. The van der Waals surface area contributed by atoms with Crippen LogP contribution in [0, 0.1) is 0 Å². The number of carbonyl (C=O) groups excluding carboxylic acids is 1. The third-order valence-corrected chi connectivity index (χ3v) is 4.05. The van der Waals surface area contributed by atoms with Gasteiger partial charge in [0.2, 0.25) is 11.8 Å². The molecule has 6 nitrogen and oxygen atoms in total. The zero-order chi connectivity index (χ0) is 15.5. The topological polar surface area (TPSA) is 94.0 Å². The van der Waals surface area contributed by atoms with Gasteiger partial charge in [0.25, 0.3) is 5.91 Å². The fraction of sp³-hybridized carbons (Fsp3) is 0.0714. The Labute approximate surface area is 134 Å². The van der Waals surface area contributed by atoms with Crippen molar-refractivity contribution in [3.05, 3.63) is 51.5 Å². The maximum absolute atomic E-state index is 11.9. The van der Waals surface area contributed by atoms with E-state index in [4.69, 9.17) is 21.8 Å². The number of nitrogens with two attached hydrogens (primary N) is 1. The van der Waals surface area contributed by atoms with Crippen LogP contribution in [0.25, 0.3) is 11.5 Å². The molecule has 0 bridgehead atoms. The molecule has 1 aromatic carbocycles. The number of nitrogens with one attached hydrogen (secondary N) is 1. The van der Waals surface area contributed by atoms with E-state index in [9.17, 15) is 4.79 Å². The monoisotopic (exact) mass is 334 g/mol. The van der Waals surface area contributed by atoms with Gasteiger partial charge < -0.3 is 15.5 Å². The fourth-order valence-corrected chi connectivity index (χ4v) is 2.71. The lowest BCUT2D eigenvalue weighted by Crippen LogP contribution is -2.21. The van der Waals surface area contributed by atoms with Gasteiger partial charge in [0.1, 0.15) is 0 Å². The number of hydrogen-bond donors (Lipinski definition) is 2. The van der Waals surface area contributed by atoms with Gasteiger partial charge in [-0.15, -0.1) is 21.5 Å². The van der Waals surface area contributed by atoms with Gasteiger partial charge >= 0.3 is 0 Å². The zero-order valence-corrected chi connectivity index (χ0v) is 12.8. The number of carbonyl (C=O) groups is 1. The second-order valence-corrected chi connectivity index (χ2v) is 6.12. The highest BCUT2D eigenvalue weighted by Crippen LogP contribution is 2.21. The zero-order valence-electron chi connectivity index (χ0n) is 11.2. The summed E-state index contributed by atoms with van der Waals surface area (Å²) in [5, 5.41) is 10.5. The summed E-state index contributed by atoms with van der Waals surface area (Å²) in [6, 6.07) is 10.4. The van der Waals surface area contributed by atoms with Crippen molar-refractivity contribution in [2.24, 2.45) is 0 Å². The number of nitrogen functional groups attached to an aromatic ring is 1. The number of nitrogens with zero attached hydrogens (tertiary/aromatic N) is 2. The van der Waals surface area contributed by atoms with E-state index in [0.29, 0.717) is 26.7 Å². The molecule has 3 aromatic rings. The number of benzene rings is 1. The van der Waals surface area contributed by atoms with Crippen LogP contribution >= 0.6 is 22.9 Å². The molecule has 0 atom stereocenters. The maximum atomic E-state index is 11.9. The Morgan fingerprint density at radius 2 is 2.00 bits per heavy atom. The first-order valence-corrected chi connectivity index (χ1v) is 7.53. The normalized spacial score (nSPS) is 10.6. The van der Waals surface area contributed by atoms with E-state index in [0.717, 1.165) is 5.56 Å². The summed E-state index contributed by atoms with van der Waals surface area (Å²) in [5.74, 6) is 0.468. The number of halogens is 1. The van der Waals surface area contributed by atoms with E-state index in [2.05, 4.69) is 15.5 Å². The lowest BCUT2D eigenvalue weighted by Gasteiger charge is -1.99. The number of hydrogen-bond acceptors (Lipinski definition) is 6. The minimum atomic E-state index is -0.232. The van der Waals surface area contributed by atoms with Crippen molar-refractivity contribution >= 4 is 34.5 Å². The average Bonchev–Trinajstić information content (AvgIpc) is 3.15. The van der Waals surface area contributed by atoms with Crippen LogP contribution in [-0.2, 0) is 6.54 Å². The molecule has 0 radical (unpaired) electrons. The second-order valence-electron chi connectivity index (χ2n) is 4.41. The van der Waals surface area contributed by atoms with Crippen LogP contribution in [-0.4, -0.2) is 16.1 Å². The fourth-order valence-electron chi connectivity index (χ4n) is 1.75. The Morgan fingerprint density at radius 3 is 2.68 bits per heavy atom. The van der Waals surface area contributed by atoms with Crippen LogP contribution in [0.4, 0.5) is 5.69 Å². The first-order valence-electron chi connectivity index (χ1n) is 6.33. The third kappa shape index (κ3) is 3.26. The second kappa shape index (κ2) is 6.17. The van der Waals surface area contributed by atoms with E-state index in [1.54, 1.807) is 36.4 Å². The SMILES string of the molecule is Nc1ccc(-c2nnc(CNC(=O)c3ccc(Cl)s3)o2)cc1. The van der Waals surface area contributed by atoms with Gasteiger partial charge in [-0.2, -0.15) is 0 Å². The quantitative estimate of drug-likeness (QED) is 0.715. The molecule has 0 saturated carbocycles. The van der Waals surface area contributed by atoms with Crippen molar-refractivity contribution in [1.29, 1.82) is 0 Å². The van der Waals surface area contributed by atoms with Gasteiger partial charge in [0.05, 0.1) is 15.8 Å². The Hall–Kier alpha value is -2.38. The summed E-state index contributed by atoms with van der Waals surface area (Å²) < 4.78 is 6.06. The van der Waals surface area contributed by atoms with Gasteiger partial charge in [-0.1, -0.05) is 11.6 Å². The molecule has 3 N–H and O–H groups in total. The molecule has 112 valence electrons. The standard InChI is InChI=1S/C14H11ClN4O2S/c15-11-6-5-10(22-11)13(20)17-7-12-18-19-14(21-12)8-1-3-9(16)4-2-8/h1-6H,7,16H2,(H,17,20). The van der Waals surface area contributed by atoms with Crippen LogP contribution in [0.1, 0.15) is 15.6 Å². The minimum absolute atomic E-state index is 0.149. The average molecular weight is 335 g/mol. The molecule has 0 saturated heterocycles. The van der Waals surface area contributed by atoms with E-state index >= 15 is 0 Å². The molecule has 0 aliphatic heterocycles. The number of amides is 1. The maximum Gasteiger partial charge on any atom is 0.261 e. The number of thiophene rings is 1. The molecule has 8 heteroatoms. The molecule has 22 heavy (non-hydrogen) atoms. The van der Waals surface area contributed by atoms with E-state index in [-0.39, 0.29) is 12.5 Å². The summed E-state index contributed by atoms with van der Waals surface area (Å²) in [5.41, 5.74) is 7.05. The van der Waals surface area contributed by atoms with Crippen LogP contribution in [0.5, 0.6) is 0 Å². The highest BCUT2D eigenvalue weighted by atomic mass is 35.5. The van der Waals surface area contributed by atoms with Crippen molar-refractivity contribution in [1.82, 2.24) is 15.5 Å². The summed E-state index contributed by atoms with van der Waals surface area (Å²) in [7, 11) is 0. The molecule has 2 aromatic heterocycles. The van der Waals surface area contributed by atoms with Crippen LogP contribution in [0.2, 0.25) is 4.34 Å². The van der Waals surface area contributed by atoms with Crippen molar-refractivity contribution in [2.45, 2.75) is 6.54 Å². The molecule has 3 rings (SSSR count). The third-order valence-electron chi connectivity index (χ3n) is 2.82. The highest BCUT2D eigenvalue weighted by Gasteiger charge is 2.12. The molecule has 0 spiro atoms. The Kier molecular flexibility index (Phi) is 4.08. The first-order chi connectivity index (χ1) is 10.6. The predicted octanol–water partition coefficient (Wildman–Crippen LogP) is 2.96. The Bertz CT molecular complexity index is 797. The van der Waals surface area contributed by atoms with Crippen LogP contribution < -0.4 is 11.1 Å². The predicted molar refractivity (Wildman–Crippen MR) is 84.6 cm³/mol. The van der Waals surface area contributed by atoms with Crippen molar-refractivity contribution < 1.29 is 9.21 Å². The van der Waals surface area contributed by atoms with Crippen LogP contribution in [0.3, 0.4) is 0 Å². The van der Waals surface area contributed by atoms with Gasteiger partial charge in [0.15, 0.2) is 0 Å². The van der Waals surface area contributed by atoms with Gasteiger partial charge in [0, 0.05) is 11.3 Å². The van der Waals surface area contributed by atoms with Crippen molar-refractivity contribution in [3.63, 3.8) is 0 Å². The molecule has 0 aliphatic rings. The lowest BCUT2D eigenvalue weighted by molar-refractivity contribution is 0.0951.